The summed E-state index contributed by atoms with van der Waals surface area (Å²) in [6.45, 7) is 1.91. The normalized spacial score (nSPS) is 9.80. The Hall–Kier alpha value is -0.390. The van der Waals surface area contributed by atoms with Crippen molar-refractivity contribution < 1.29 is 4.52 Å². The van der Waals surface area contributed by atoms with E-state index in [9.17, 15) is 0 Å². The second-order valence-corrected chi connectivity index (χ2v) is 2.66. The zero-order valence-electron chi connectivity index (χ0n) is 5.52. The molecule has 0 aromatic carbocycles. The fraction of sp³-hybridized carbons (Fsp3) is 0.333. The van der Waals surface area contributed by atoms with Gasteiger partial charge in [0, 0.05) is 9.99 Å². The van der Waals surface area contributed by atoms with Gasteiger partial charge in [0.15, 0.2) is 5.76 Å². The lowest BCUT2D eigenvalue weighted by Crippen LogP contribution is -1.82. The first-order chi connectivity index (χ1) is 4.79. The molecule has 0 spiro atoms. The summed E-state index contributed by atoms with van der Waals surface area (Å²) in [5, 5.41) is 10.7. The third kappa shape index (κ3) is 1.21. The molecule has 1 aromatic rings. The standard InChI is InChI=1S/C6H7IN2O/c1-4-5(2-7)9-10-6(4)3-8/h3,8H,2H2,1H3. The molecule has 0 saturated heterocycles. The molecule has 10 heavy (non-hydrogen) atoms. The van der Waals surface area contributed by atoms with Gasteiger partial charge in [0.05, 0.1) is 11.9 Å². The van der Waals surface area contributed by atoms with E-state index in [-0.39, 0.29) is 0 Å². The highest BCUT2D eigenvalue weighted by molar-refractivity contribution is 14.1. The van der Waals surface area contributed by atoms with Gasteiger partial charge in [0.25, 0.3) is 0 Å². The topological polar surface area (TPSA) is 49.9 Å². The van der Waals surface area contributed by atoms with Crippen molar-refractivity contribution in [3.05, 3.63) is 17.0 Å². The summed E-state index contributed by atoms with van der Waals surface area (Å²) >= 11 is 2.21. The summed E-state index contributed by atoms with van der Waals surface area (Å²) in [5.74, 6) is 0.562. The van der Waals surface area contributed by atoms with Gasteiger partial charge in [0.1, 0.15) is 0 Å². The maximum absolute atomic E-state index is 6.91. The smallest absolute Gasteiger partial charge is 0.180 e. The van der Waals surface area contributed by atoms with Crippen LogP contribution in [0.25, 0.3) is 0 Å². The Kier molecular flexibility index (Phi) is 2.42. The average Bonchev–Trinajstić information content (AvgIpc) is 2.30. The molecule has 1 heterocycles. The minimum atomic E-state index is 0.562. The Bertz CT molecular complexity index is 244. The van der Waals surface area contributed by atoms with Crippen LogP contribution in [0.4, 0.5) is 0 Å². The molecule has 0 saturated carbocycles. The first kappa shape index (κ1) is 7.71. The van der Waals surface area contributed by atoms with Crippen molar-refractivity contribution in [2.24, 2.45) is 0 Å². The lowest BCUT2D eigenvalue weighted by molar-refractivity contribution is 0.409. The summed E-state index contributed by atoms with van der Waals surface area (Å²) in [4.78, 5) is 0. The summed E-state index contributed by atoms with van der Waals surface area (Å²) in [6.07, 6.45) is 1.18. The number of alkyl halides is 1. The van der Waals surface area contributed by atoms with Gasteiger partial charge < -0.3 is 9.93 Å². The largest absolute Gasteiger partial charge is 0.355 e. The zero-order chi connectivity index (χ0) is 7.56. The number of halogens is 1. The molecule has 0 aliphatic rings. The molecule has 1 rings (SSSR count). The Morgan fingerprint density at radius 2 is 2.50 bits per heavy atom. The van der Waals surface area contributed by atoms with E-state index < -0.39 is 0 Å². The van der Waals surface area contributed by atoms with E-state index in [2.05, 4.69) is 27.7 Å². The lowest BCUT2D eigenvalue weighted by atomic mass is 10.2. The van der Waals surface area contributed by atoms with E-state index in [1.54, 1.807) is 0 Å². The average molecular weight is 250 g/mol. The van der Waals surface area contributed by atoms with Crippen LogP contribution in [0, 0.1) is 12.3 Å². The van der Waals surface area contributed by atoms with Gasteiger partial charge in [-0.1, -0.05) is 27.7 Å². The molecule has 0 unspecified atom stereocenters. The number of aromatic nitrogens is 1. The van der Waals surface area contributed by atoms with Gasteiger partial charge in [-0.05, 0) is 6.92 Å². The predicted octanol–water partition coefficient (Wildman–Crippen LogP) is 1.92. The first-order valence-electron chi connectivity index (χ1n) is 2.81. The van der Waals surface area contributed by atoms with Crippen LogP contribution in [0.2, 0.25) is 0 Å². The number of hydrogen-bond donors (Lipinski definition) is 1. The molecule has 0 amide bonds. The number of nitrogens with one attached hydrogen (secondary N) is 1. The summed E-state index contributed by atoms with van der Waals surface area (Å²) < 4.78 is 5.67. The Morgan fingerprint density at radius 1 is 1.80 bits per heavy atom. The molecule has 0 atom stereocenters. The van der Waals surface area contributed by atoms with Crippen LogP contribution in [-0.2, 0) is 4.43 Å². The molecule has 1 aromatic heterocycles. The number of rotatable bonds is 2. The fourth-order valence-electron chi connectivity index (χ4n) is 0.643. The highest BCUT2D eigenvalue weighted by Gasteiger charge is 2.06. The van der Waals surface area contributed by atoms with E-state index >= 15 is 0 Å². The van der Waals surface area contributed by atoms with Crippen LogP contribution in [0.1, 0.15) is 17.0 Å². The first-order valence-corrected chi connectivity index (χ1v) is 4.33. The van der Waals surface area contributed by atoms with E-state index in [1.807, 2.05) is 6.92 Å². The molecule has 0 aliphatic heterocycles. The number of hydrogen-bond acceptors (Lipinski definition) is 3. The lowest BCUT2D eigenvalue weighted by Gasteiger charge is -1.85. The Balaban J connectivity index is 3.08. The zero-order valence-corrected chi connectivity index (χ0v) is 7.68. The molecule has 0 fully saturated rings. The highest BCUT2D eigenvalue weighted by atomic mass is 127. The van der Waals surface area contributed by atoms with Gasteiger partial charge in [0.2, 0.25) is 0 Å². The molecular formula is C6H7IN2O. The second-order valence-electron chi connectivity index (χ2n) is 1.90. The maximum atomic E-state index is 6.91. The maximum Gasteiger partial charge on any atom is 0.180 e. The van der Waals surface area contributed by atoms with Crippen molar-refractivity contribution in [1.29, 1.82) is 5.41 Å². The van der Waals surface area contributed by atoms with E-state index in [0.29, 0.717) is 5.76 Å². The summed E-state index contributed by atoms with van der Waals surface area (Å²) in [6, 6.07) is 0. The molecule has 0 radical (unpaired) electrons. The fourth-order valence-corrected chi connectivity index (χ4v) is 1.35. The second kappa shape index (κ2) is 3.14. The van der Waals surface area contributed by atoms with Crippen molar-refractivity contribution in [2.45, 2.75) is 11.4 Å². The summed E-state index contributed by atoms with van der Waals surface area (Å²) in [7, 11) is 0. The predicted molar refractivity (Wildman–Crippen MR) is 46.8 cm³/mol. The minimum Gasteiger partial charge on any atom is -0.355 e. The van der Waals surface area contributed by atoms with Gasteiger partial charge in [-0.2, -0.15) is 0 Å². The van der Waals surface area contributed by atoms with Crippen molar-refractivity contribution in [3.8, 4) is 0 Å². The third-order valence-corrected chi connectivity index (χ3v) is 2.04. The van der Waals surface area contributed by atoms with Gasteiger partial charge in [-0.3, -0.25) is 0 Å². The van der Waals surface area contributed by atoms with E-state index in [0.717, 1.165) is 15.7 Å². The molecular weight excluding hydrogens is 243 g/mol. The van der Waals surface area contributed by atoms with Gasteiger partial charge >= 0.3 is 0 Å². The van der Waals surface area contributed by atoms with Crippen LogP contribution in [0.3, 0.4) is 0 Å². The molecule has 0 aliphatic carbocycles. The molecule has 54 valence electrons. The van der Waals surface area contributed by atoms with Gasteiger partial charge in [-0.25, -0.2) is 0 Å². The molecule has 0 bridgehead atoms. The van der Waals surface area contributed by atoms with Crippen LogP contribution in [-0.4, -0.2) is 11.4 Å². The van der Waals surface area contributed by atoms with Crippen LogP contribution >= 0.6 is 22.6 Å². The van der Waals surface area contributed by atoms with Crippen LogP contribution in [0.5, 0.6) is 0 Å². The van der Waals surface area contributed by atoms with E-state index in [1.165, 1.54) is 6.21 Å². The molecule has 4 heteroatoms. The van der Waals surface area contributed by atoms with Crippen molar-refractivity contribution >= 4 is 28.8 Å². The quantitative estimate of drug-likeness (QED) is 0.495. The monoisotopic (exact) mass is 250 g/mol. The SMILES string of the molecule is Cc1c(CI)noc1C=N. The van der Waals surface area contributed by atoms with Crippen LogP contribution in [0.15, 0.2) is 4.52 Å². The van der Waals surface area contributed by atoms with Gasteiger partial charge in [-0.15, -0.1) is 0 Å². The highest BCUT2D eigenvalue weighted by Crippen LogP contribution is 2.13. The third-order valence-electron chi connectivity index (χ3n) is 1.31. The Labute approximate surface area is 72.4 Å². The van der Waals surface area contributed by atoms with Crippen molar-refractivity contribution in [3.63, 3.8) is 0 Å². The Morgan fingerprint density at radius 3 is 2.80 bits per heavy atom. The summed E-state index contributed by atoms with van der Waals surface area (Å²) in [5.41, 5.74) is 1.91. The van der Waals surface area contributed by atoms with Crippen LogP contribution < -0.4 is 0 Å². The van der Waals surface area contributed by atoms with E-state index in [4.69, 9.17) is 9.93 Å². The minimum absolute atomic E-state index is 0.562. The van der Waals surface area contributed by atoms with Crippen molar-refractivity contribution in [1.82, 2.24) is 5.16 Å². The molecule has 1 N–H and O–H groups in total. The number of nitrogens with zero attached hydrogens (tertiary/aromatic N) is 1. The van der Waals surface area contributed by atoms with Crippen molar-refractivity contribution in [2.75, 3.05) is 0 Å². The molecule has 3 nitrogen and oxygen atoms in total.